The number of amides is 1. The molecule has 0 aliphatic heterocycles. The van der Waals surface area contributed by atoms with E-state index in [1.807, 2.05) is 25.1 Å². The number of nitrogens with one attached hydrogen (secondary N) is 2. The van der Waals surface area contributed by atoms with Gasteiger partial charge < -0.3 is 15.4 Å². The molecule has 1 amide bonds. The van der Waals surface area contributed by atoms with Crippen LogP contribution in [0, 0.1) is 18.3 Å². The molecule has 5 nitrogen and oxygen atoms in total. The van der Waals surface area contributed by atoms with Crippen molar-refractivity contribution in [2.75, 3.05) is 17.7 Å². The highest BCUT2D eigenvalue weighted by atomic mass is 35.5. The van der Waals surface area contributed by atoms with E-state index in [2.05, 4.69) is 10.6 Å². The summed E-state index contributed by atoms with van der Waals surface area (Å²) in [4.78, 5) is 12.1. The highest BCUT2D eigenvalue weighted by Crippen LogP contribution is 2.27. The van der Waals surface area contributed by atoms with E-state index in [1.54, 1.807) is 30.3 Å². The van der Waals surface area contributed by atoms with Gasteiger partial charge in [-0.05, 0) is 37.3 Å². The number of carbonyl (C=O) groups is 1. The van der Waals surface area contributed by atoms with Crippen molar-refractivity contribution in [3.05, 3.63) is 64.8 Å². The maximum atomic E-state index is 12.1. The fourth-order valence-electron chi connectivity index (χ4n) is 1.90. The van der Waals surface area contributed by atoms with Gasteiger partial charge in [-0.2, -0.15) is 5.26 Å². The van der Waals surface area contributed by atoms with Gasteiger partial charge in [0.2, 0.25) is 0 Å². The number of hydrogen-bond donors (Lipinski definition) is 2. The van der Waals surface area contributed by atoms with Crippen LogP contribution in [0.5, 0.6) is 5.75 Å². The van der Waals surface area contributed by atoms with E-state index in [1.165, 1.54) is 13.3 Å². The standard InChI is InChI=1S/C18H16ClN3O2/c1-12-3-5-14(6-4-12)22-18(23)13(10-20)11-21-15-7-8-17(24-2)16(19)9-15/h3-9,11,21H,1-2H3,(H,22,23)/b13-11-. The largest absolute Gasteiger partial charge is 0.495 e. The molecule has 24 heavy (non-hydrogen) atoms. The van der Waals surface area contributed by atoms with Crippen LogP contribution in [0.15, 0.2) is 54.2 Å². The number of methoxy groups -OCH3 is 1. The summed E-state index contributed by atoms with van der Waals surface area (Å²) < 4.78 is 5.07. The lowest BCUT2D eigenvalue weighted by atomic mass is 10.2. The molecule has 122 valence electrons. The third kappa shape index (κ3) is 4.51. The fraction of sp³-hybridized carbons (Fsp3) is 0.111. The molecule has 0 fully saturated rings. The van der Waals surface area contributed by atoms with Crippen molar-refractivity contribution in [3.8, 4) is 11.8 Å². The van der Waals surface area contributed by atoms with Crippen LogP contribution in [-0.4, -0.2) is 13.0 Å². The topological polar surface area (TPSA) is 74.1 Å². The summed E-state index contributed by atoms with van der Waals surface area (Å²) in [7, 11) is 1.53. The second-order valence-electron chi connectivity index (χ2n) is 4.98. The van der Waals surface area contributed by atoms with Gasteiger partial charge in [-0.15, -0.1) is 0 Å². The second kappa shape index (κ2) is 8.04. The Bertz CT molecular complexity index is 808. The van der Waals surface area contributed by atoms with Gasteiger partial charge in [0, 0.05) is 17.6 Å². The van der Waals surface area contributed by atoms with Gasteiger partial charge in [0.1, 0.15) is 17.4 Å². The molecule has 0 aliphatic carbocycles. The first-order chi connectivity index (χ1) is 11.5. The van der Waals surface area contributed by atoms with Crippen molar-refractivity contribution in [1.29, 1.82) is 5.26 Å². The second-order valence-corrected chi connectivity index (χ2v) is 5.39. The smallest absolute Gasteiger partial charge is 0.267 e. The molecule has 0 saturated carbocycles. The lowest BCUT2D eigenvalue weighted by Gasteiger charge is -2.07. The molecule has 0 spiro atoms. The van der Waals surface area contributed by atoms with E-state index in [0.717, 1.165) is 5.56 Å². The molecule has 0 aliphatic rings. The van der Waals surface area contributed by atoms with Crippen LogP contribution in [0.2, 0.25) is 5.02 Å². The van der Waals surface area contributed by atoms with Crippen LogP contribution in [-0.2, 0) is 4.79 Å². The summed E-state index contributed by atoms with van der Waals surface area (Å²) in [6.07, 6.45) is 1.33. The lowest BCUT2D eigenvalue weighted by molar-refractivity contribution is -0.112. The number of benzene rings is 2. The Morgan fingerprint density at radius 2 is 1.88 bits per heavy atom. The van der Waals surface area contributed by atoms with E-state index in [-0.39, 0.29) is 5.57 Å². The number of rotatable bonds is 5. The Morgan fingerprint density at radius 1 is 1.21 bits per heavy atom. The number of halogens is 1. The number of aryl methyl sites for hydroxylation is 1. The lowest BCUT2D eigenvalue weighted by Crippen LogP contribution is -2.14. The predicted molar refractivity (Wildman–Crippen MR) is 95.1 cm³/mol. The summed E-state index contributed by atoms with van der Waals surface area (Å²) in [5.74, 6) is 0.0530. The summed E-state index contributed by atoms with van der Waals surface area (Å²) >= 11 is 6.03. The molecule has 0 heterocycles. The van der Waals surface area contributed by atoms with E-state index in [4.69, 9.17) is 21.6 Å². The van der Waals surface area contributed by atoms with Crippen molar-refractivity contribution in [2.24, 2.45) is 0 Å². The predicted octanol–water partition coefficient (Wildman–Crippen LogP) is 4.12. The first-order valence-electron chi connectivity index (χ1n) is 7.12. The molecule has 0 radical (unpaired) electrons. The van der Waals surface area contributed by atoms with Crippen molar-refractivity contribution < 1.29 is 9.53 Å². The van der Waals surface area contributed by atoms with Gasteiger partial charge >= 0.3 is 0 Å². The van der Waals surface area contributed by atoms with Crippen LogP contribution < -0.4 is 15.4 Å². The monoisotopic (exact) mass is 341 g/mol. The van der Waals surface area contributed by atoms with Crippen molar-refractivity contribution in [2.45, 2.75) is 6.92 Å². The number of anilines is 2. The molecule has 6 heteroatoms. The Hall–Kier alpha value is -2.97. The van der Waals surface area contributed by atoms with Gasteiger partial charge in [0.15, 0.2) is 0 Å². The van der Waals surface area contributed by atoms with Crippen LogP contribution in [0.4, 0.5) is 11.4 Å². The minimum absolute atomic E-state index is 0.0532. The van der Waals surface area contributed by atoms with E-state index >= 15 is 0 Å². The average molecular weight is 342 g/mol. The fourth-order valence-corrected chi connectivity index (χ4v) is 2.15. The normalized spacial score (nSPS) is 10.7. The van der Waals surface area contributed by atoms with E-state index in [0.29, 0.717) is 22.1 Å². The van der Waals surface area contributed by atoms with Gasteiger partial charge in [-0.25, -0.2) is 0 Å². The number of ether oxygens (including phenoxy) is 1. The number of nitrogens with zero attached hydrogens (tertiary/aromatic N) is 1. The highest BCUT2D eigenvalue weighted by molar-refractivity contribution is 6.32. The first-order valence-corrected chi connectivity index (χ1v) is 7.49. The van der Waals surface area contributed by atoms with Crippen LogP contribution in [0.1, 0.15) is 5.56 Å². The molecule has 2 aromatic rings. The minimum atomic E-state index is -0.492. The maximum Gasteiger partial charge on any atom is 0.267 e. The number of carbonyl (C=O) groups excluding carboxylic acids is 1. The van der Waals surface area contributed by atoms with Crippen LogP contribution in [0.3, 0.4) is 0 Å². The Kier molecular flexibility index (Phi) is 5.83. The molecule has 2 aromatic carbocycles. The Balaban J connectivity index is 2.08. The Morgan fingerprint density at radius 3 is 2.46 bits per heavy atom. The van der Waals surface area contributed by atoms with Crippen LogP contribution in [0.25, 0.3) is 0 Å². The first kappa shape index (κ1) is 17.4. The average Bonchev–Trinajstić information content (AvgIpc) is 2.57. The maximum absolute atomic E-state index is 12.1. The van der Waals surface area contributed by atoms with E-state index < -0.39 is 5.91 Å². The Labute approximate surface area is 145 Å². The van der Waals surface area contributed by atoms with Gasteiger partial charge in [-0.1, -0.05) is 29.3 Å². The summed E-state index contributed by atoms with van der Waals surface area (Å²) in [5.41, 5.74) is 2.29. The zero-order valence-electron chi connectivity index (χ0n) is 13.3. The van der Waals surface area contributed by atoms with Gasteiger partial charge in [-0.3, -0.25) is 4.79 Å². The summed E-state index contributed by atoms with van der Waals surface area (Å²) in [6.45, 7) is 1.95. The number of hydrogen-bond acceptors (Lipinski definition) is 4. The quantitative estimate of drug-likeness (QED) is 0.634. The molecule has 0 saturated heterocycles. The van der Waals surface area contributed by atoms with Gasteiger partial charge in [0.25, 0.3) is 5.91 Å². The minimum Gasteiger partial charge on any atom is -0.495 e. The van der Waals surface area contributed by atoms with Crippen molar-refractivity contribution in [3.63, 3.8) is 0 Å². The van der Waals surface area contributed by atoms with Crippen molar-refractivity contribution >= 4 is 28.9 Å². The van der Waals surface area contributed by atoms with E-state index in [9.17, 15) is 4.79 Å². The number of nitriles is 1. The third-order valence-corrected chi connectivity index (χ3v) is 3.50. The zero-order chi connectivity index (χ0) is 17.5. The molecule has 0 atom stereocenters. The van der Waals surface area contributed by atoms with Gasteiger partial charge in [0.05, 0.1) is 12.1 Å². The zero-order valence-corrected chi connectivity index (χ0v) is 14.0. The van der Waals surface area contributed by atoms with Crippen molar-refractivity contribution in [1.82, 2.24) is 0 Å². The SMILES string of the molecule is COc1ccc(N/C=C(/C#N)C(=O)Nc2ccc(C)cc2)cc1Cl. The summed E-state index contributed by atoms with van der Waals surface area (Å²) in [5, 5.41) is 15.1. The highest BCUT2D eigenvalue weighted by Gasteiger charge is 2.09. The molecule has 0 aromatic heterocycles. The molecule has 2 rings (SSSR count). The third-order valence-electron chi connectivity index (χ3n) is 3.21. The molecule has 2 N–H and O–H groups in total. The summed E-state index contributed by atoms with van der Waals surface area (Å²) in [6, 6.07) is 14.2. The van der Waals surface area contributed by atoms with Crippen LogP contribution >= 0.6 is 11.6 Å². The molecule has 0 unspecified atom stereocenters. The molecular weight excluding hydrogens is 326 g/mol. The molecule has 0 bridgehead atoms. The molecular formula is C18H16ClN3O2.